The van der Waals surface area contributed by atoms with Gasteiger partial charge < -0.3 is 36.2 Å². The van der Waals surface area contributed by atoms with E-state index in [9.17, 15) is 29.4 Å². The quantitative estimate of drug-likeness (QED) is 0.279. The molecule has 11 nitrogen and oxygen atoms in total. The largest absolute Gasteiger partial charge is 0.444 e. The minimum atomic E-state index is -1.20. The number of rotatable bonds is 7. The van der Waals surface area contributed by atoms with Crippen LogP contribution in [0.2, 0.25) is 0 Å². The Kier molecular flexibility index (Phi) is 13.3. The Morgan fingerprint density at radius 3 is 2.37 bits per heavy atom. The third kappa shape index (κ3) is 12.1. The van der Waals surface area contributed by atoms with Crippen molar-refractivity contribution in [3.8, 4) is 0 Å². The van der Waals surface area contributed by atoms with Crippen LogP contribution >= 0.6 is 0 Å². The van der Waals surface area contributed by atoms with E-state index >= 15 is 0 Å². The number of ether oxygens (including phenoxy) is 1. The minimum absolute atomic E-state index is 0.0143. The second-order valence-corrected chi connectivity index (χ2v) is 12.9. The first-order valence-electron chi connectivity index (χ1n) is 15.7. The van der Waals surface area contributed by atoms with Crippen molar-refractivity contribution in [2.45, 2.75) is 127 Å². The van der Waals surface area contributed by atoms with Gasteiger partial charge in [0.05, 0.1) is 18.2 Å². The molecule has 1 aromatic rings. The summed E-state index contributed by atoms with van der Waals surface area (Å²) in [5.74, 6) is -1.14. The lowest BCUT2D eigenvalue weighted by Crippen LogP contribution is -2.58. The molecule has 0 aromatic heterocycles. The van der Waals surface area contributed by atoms with Crippen LogP contribution in [0.3, 0.4) is 0 Å². The highest BCUT2D eigenvalue weighted by Gasteiger charge is 2.34. The zero-order chi connectivity index (χ0) is 31.4. The summed E-state index contributed by atoms with van der Waals surface area (Å²) in [7, 11) is 0. The van der Waals surface area contributed by atoms with Crippen molar-refractivity contribution >= 4 is 23.8 Å². The molecule has 1 saturated carbocycles. The smallest absolute Gasteiger partial charge is 0.408 e. The minimum Gasteiger partial charge on any atom is -0.444 e. The molecule has 2 unspecified atom stereocenters. The summed E-state index contributed by atoms with van der Waals surface area (Å²) in [5, 5.41) is 32.9. The van der Waals surface area contributed by atoms with Crippen LogP contribution in [-0.4, -0.2) is 76.5 Å². The van der Waals surface area contributed by atoms with Crippen LogP contribution in [0, 0.1) is 5.92 Å². The summed E-state index contributed by atoms with van der Waals surface area (Å²) < 4.78 is 5.38. The molecule has 0 spiro atoms. The molecule has 6 N–H and O–H groups in total. The molecule has 11 heteroatoms. The topological polar surface area (TPSA) is 166 Å². The number of hydrogen-bond donors (Lipinski definition) is 6. The molecule has 1 aliphatic heterocycles. The van der Waals surface area contributed by atoms with Crippen molar-refractivity contribution in [3.05, 3.63) is 35.9 Å². The van der Waals surface area contributed by atoms with Gasteiger partial charge in [0.1, 0.15) is 17.7 Å². The van der Waals surface area contributed by atoms with E-state index in [4.69, 9.17) is 4.74 Å². The predicted molar refractivity (Wildman–Crippen MR) is 162 cm³/mol. The number of alkyl carbamates (subject to hydrolysis) is 1. The van der Waals surface area contributed by atoms with E-state index < -0.39 is 53.8 Å². The van der Waals surface area contributed by atoms with E-state index in [-0.39, 0.29) is 31.6 Å². The van der Waals surface area contributed by atoms with Gasteiger partial charge in [0.15, 0.2) is 0 Å². The van der Waals surface area contributed by atoms with E-state index in [2.05, 4.69) is 21.3 Å². The number of nitrogens with one attached hydrogen (secondary N) is 4. The second kappa shape index (κ2) is 16.6. The molecular formula is C32H50N4O7. The van der Waals surface area contributed by atoms with E-state index in [1.165, 1.54) is 0 Å². The molecule has 1 aromatic carbocycles. The van der Waals surface area contributed by atoms with Crippen LogP contribution in [0.4, 0.5) is 4.79 Å². The standard InChI is InChI=1S/C32H50N4O7/c1-32(2,3)43-31(42)36-25(20-22-13-8-5-9-14-22)30(41)34-23-16-17-27(38)33-18-10-15-26(37)28(39)24(35-29(23)40)19-21-11-6-4-7-12-21/h5,8-9,13-14,21,23-26,28,37,39H,4,6-7,10-12,15-20H2,1-3H3,(H,33,38)(H,34,41)(H,35,40)(H,36,42)/t23?,24?,25-,26-,28+/m0/s1. The lowest BCUT2D eigenvalue weighted by molar-refractivity contribution is -0.132. The SMILES string of the molecule is CC(C)(C)OC(=O)N[C@@H](Cc1ccccc1)C(=O)NC1CCC(=O)NCCC[C@H](O)[C@H](O)C(CC2CCCCC2)NC1=O. The Morgan fingerprint density at radius 1 is 1.00 bits per heavy atom. The number of carbonyl (C=O) groups excluding carboxylic acids is 4. The molecule has 2 fully saturated rings. The fourth-order valence-electron chi connectivity index (χ4n) is 5.74. The van der Waals surface area contributed by atoms with Crippen molar-refractivity contribution in [2.24, 2.45) is 5.92 Å². The van der Waals surface area contributed by atoms with Crippen LogP contribution in [0.1, 0.15) is 90.5 Å². The van der Waals surface area contributed by atoms with Crippen LogP contribution in [0.5, 0.6) is 0 Å². The van der Waals surface area contributed by atoms with Crippen LogP contribution < -0.4 is 21.3 Å². The summed E-state index contributed by atoms with van der Waals surface area (Å²) in [5.41, 5.74) is 0.0120. The molecule has 43 heavy (non-hydrogen) atoms. The van der Waals surface area contributed by atoms with Gasteiger partial charge in [0.2, 0.25) is 17.7 Å². The average molecular weight is 603 g/mol. The maximum atomic E-state index is 13.7. The van der Waals surface area contributed by atoms with Crippen molar-refractivity contribution in [3.63, 3.8) is 0 Å². The molecule has 1 heterocycles. The zero-order valence-electron chi connectivity index (χ0n) is 25.8. The van der Waals surface area contributed by atoms with Gasteiger partial charge in [0.25, 0.3) is 0 Å². The van der Waals surface area contributed by atoms with Crippen molar-refractivity contribution in [1.29, 1.82) is 0 Å². The molecule has 1 saturated heterocycles. The molecule has 4 amide bonds. The van der Waals surface area contributed by atoms with Gasteiger partial charge in [0, 0.05) is 19.4 Å². The number of amides is 4. The molecule has 240 valence electrons. The summed E-state index contributed by atoms with van der Waals surface area (Å²) in [6.45, 7) is 5.48. The molecule has 2 aliphatic rings. The normalized spacial score (nSPS) is 25.5. The molecule has 3 rings (SSSR count). The molecule has 0 radical (unpaired) electrons. The van der Waals surface area contributed by atoms with Gasteiger partial charge in [-0.3, -0.25) is 14.4 Å². The Labute approximate surface area is 254 Å². The van der Waals surface area contributed by atoms with Gasteiger partial charge in [-0.25, -0.2) is 4.79 Å². The van der Waals surface area contributed by atoms with Crippen molar-refractivity contribution in [1.82, 2.24) is 21.3 Å². The number of benzene rings is 1. The maximum Gasteiger partial charge on any atom is 0.408 e. The number of hydrogen-bond acceptors (Lipinski definition) is 7. The Morgan fingerprint density at radius 2 is 1.70 bits per heavy atom. The first-order valence-corrected chi connectivity index (χ1v) is 15.7. The zero-order valence-corrected chi connectivity index (χ0v) is 25.8. The first kappa shape index (κ1) is 34.3. The predicted octanol–water partition coefficient (Wildman–Crippen LogP) is 2.47. The summed E-state index contributed by atoms with van der Waals surface area (Å²) in [6.07, 6.45) is 3.69. The third-order valence-electron chi connectivity index (χ3n) is 8.03. The van der Waals surface area contributed by atoms with Crippen LogP contribution in [-0.2, 0) is 25.5 Å². The van der Waals surface area contributed by atoms with E-state index in [0.29, 0.717) is 25.3 Å². The van der Waals surface area contributed by atoms with E-state index in [0.717, 1.165) is 37.7 Å². The van der Waals surface area contributed by atoms with Crippen LogP contribution in [0.25, 0.3) is 0 Å². The average Bonchev–Trinajstić information content (AvgIpc) is 2.96. The van der Waals surface area contributed by atoms with Gasteiger partial charge in [-0.15, -0.1) is 0 Å². The maximum absolute atomic E-state index is 13.7. The molecule has 5 atom stereocenters. The third-order valence-corrected chi connectivity index (χ3v) is 8.03. The monoisotopic (exact) mass is 602 g/mol. The Hall–Kier alpha value is -3.18. The van der Waals surface area contributed by atoms with Gasteiger partial charge in [-0.2, -0.15) is 0 Å². The Balaban J connectivity index is 1.82. The van der Waals surface area contributed by atoms with Crippen molar-refractivity contribution < 1.29 is 34.1 Å². The molecule has 1 aliphatic carbocycles. The fraction of sp³-hybridized carbons (Fsp3) is 0.688. The fourth-order valence-corrected chi connectivity index (χ4v) is 5.74. The highest BCUT2D eigenvalue weighted by molar-refractivity contribution is 5.92. The summed E-state index contributed by atoms with van der Waals surface area (Å²) >= 11 is 0. The van der Waals surface area contributed by atoms with Crippen molar-refractivity contribution in [2.75, 3.05) is 6.54 Å². The summed E-state index contributed by atoms with van der Waals surface area (Å²) in [6, 6.07) is 6.26. The Bertz CT molecular complexity index is 1060. The van der Waals surface area contributed by atoms with E-state index in [1.54, 1.807) is 20.8 Å². The lowest BCUT2D eigenvalue weighted by Gasteiger charge is -2.33. The highest BCUT2D eigenvalue weighted by Crippen LogP contribution is 2.29. The molecule has 0 bridgehead atoms. The van der Waals surface area contributed by atoms with Crippen LogP contribution in [0.15, 0.2) is 30.3 Å². The second-order valence-electron chi connectivity index (χ2n) is 12.9. The lowest BCUT2D eigenvalue weighted by atomic mass is 9.82. The van der Waals surface area contributed by atoms with E-state index in [1.807, 2.05) is 30.3 Å². The van der Waals surface area contributed by atoms with Gasteiger partial charge >= 0.3 is 6.09 Å². The number of aliphatic hydroxyl groups excluding tert-OH is 2. The summed E-state index contributed by atoms with van der Waals surface area (Å²) in [4.78, 5) is 52.5. The highest BCUT2D eigenvalue weighted by atomic mass is 16.6. The van der Waals surface area contributed by atoms with Gasteiger partial charge in [-0.05, 0) is 57.9 Å². The van der Waals surface area contributed by atoms with Gasteiger partial charge in [-0.1, -0.05) is 62.4 Å². The number of aliphatic hydroxyl groups is 2. The number of carbonyl (C=O) groups is 4. The first-order chi connectivity index (χ1) is 20.4. The molecular weight excluding hydrogens is 552 g/mol.